The number of nitrogens with two attached hydrogens (primary N) is 1. The monoisotopic (exact) mass is 314 g/mol. The molecule has 1 aromatic carbocycles. The second-order valence-corrected chi connectivity index (χ2v) is 5.99. The zero-order valence-electron chi connectivity index (χ0n) is 14.4. The van der Waals surface area contributed by atoms with Crippen molar-refractivity contribution in [1.82, 2.24) is 19.9 Å². The Kier molecular flexibility index (Phi) is 5.87. The Balaban J connectivity index is 1.95. The topological polar surface area (TPSA) is 71.2 Å². The number of benzene rings is 1. The minimum Gasteiger partial charge on any atom is -0.368 e. The summed E-state index contributed by atoms with van der Waals surface area (Å²) in [4.78, 5) is 17.0. The molecule has 1 heterocycles. The minimum absolute atomic E-state index is 0.0924. The van der Waals surface area contributed by atoms with Crippen LogP contribution in [-0.4, -0.2) is 47.5 Å². The maximum atomic E-state index is 5.80. The Hall–Kier alpha value is -2.21. The molecule has 1 atom stereocenters. The summed E-state index contributed by atoms with van der Waals surface area (Å²) in [6.07, 6.45) is 2.16. The van der Waals surface area contributed by atoms with Crippen LogP contribution in [0.2, 0.25) is 0 Å². The molecule has 0 saturated heterocycles. The van der Waals surface area contributed by atoms with Crippen molar-refractivity contribution >= 4 is 11.9 Å². The number of rotatable bonds is 7. The summed E-state index contributed by atoms with van der Waals surface area (Å²) in [6, 6.07) is 10.6. The van der Waals surface area contributed by atoms with Gasteiger partial charge < -0.3 is 10.6 Å². The van der Waals surface area contributed by atoms with Crippen LogP contribution in [-0.2, 0) is 6.42 Å². The second kappa shape index (κ2) is 7.87. The van der Waals surface area contributed by atoms with Gasteiger partial charge in [-0.25, -0.2) is 0 Å². The number of aromatic nitrogens is 3. The number of nitrogen functional groups attached to an aromatic ring is 1. The number of hydrogen-bond donors (Lipinski definition) is 1. The van der Waals surface area contributed by atoms with E-state index in [9.17, 15) is 0 Å². The van der Waals surface area contributed by atoms with Crippen LogP contribution < -0.4 is 10.6 Å². The molecule has 0 saturated carbocycles. The van der Waals surface area contributed by atoms with E-state index in [1.807, 2.05) is 25.1 Å². The highest BCUT2D eigenvalue weighted by molar-refractivity contribution is 5.33. The fourth-order valence-corrected chi connectivity index (χ4v) is 2.35. The van der Waals surface area contributed by atoms with Gasteiger partial charge in [0.1, 0.15) is 0 Å². The molecule has 6 nitrogen and oxygen atoms in total. The molecule has 0 aliphatic heterocycles. The third-order valence-corrected chi connectivity index (χ3v) is 3.91. The van der Waals surface area contributed by atoms with Crippen LogP contribution in [0.5, 0.6) is 0 Å². The van der Waals surface area contributed by atoms with Crippen molar-refractivity contribution in [2.45, 2.75) is 25.8 Å². The van der Waals surface area contributed by atoms with Crippen molar-refractivity contribution in [2.24, 2.45) is 0 Å². The van der Waals surface area contributed by atoms with E-state index in [0.29, 0.717) is 11.8 Å². The van der Waals surface area contributed by atoms with E-state index in [2.05, 4.69) is 58.1 Å². The zero-order valence-corrected chi connectivity index (χ0v) is 14.4. The van der Waals surface area contributed by atoms with Gasteiger partial charge in [-0.05, 0) is 38.9 Å². The Morgan fingerprint density at radius 1 is 1.04 bits per heavy atom. The predicted molar refractivity (Wildman–Crippen MR) is 94.4 cm³/mol. The molecule has 0 fully saturated rings. The van der Waals surface area contributed by atoms with Gasteiger partial charge in [-0.1, -0.05) is 30.3 Å². The van der Waals surface area contributed by atoms with Gasteiger partial charge >= 0.3 is 0 Å². The van der Waals surface area contributed by atoms with E-state index in [1.54, 1.807) is 0 Å². The van der Waals surface area contributed by atoms with E-state index in [-0.39, 0.29) is 12.0 Å². The summed E-state index contributed by atoms with van der Waals surface area (Å²) < 4.78 is 0. The molecule has 0 aliphatic carbocycles. The highest BCUT2D eigenvalue weighted by Gasteiger charge is 2.17. The van der Waals surface area contributed by atoms with Crippen molar-refractivity contribution < 1.29 is 0 Å². The Labute approximate surface area is 138 Å². The molecule has 0 unspecified atom stereocenters. The van der Waals surface area contributed by atoms with Crippen LogP contribution in [0.4, 0.5) is 11.9 Å². The molecule has 0 spiro atoms. The first-order valence-electron chi connectivity index (χ1n) is 7.90. The first-order valence-corrected chi connectivity index (χ1v) is 7.90. The SMILES string of the molecule is C[C@H](c1nc(N)nc(N(C)C)n1)N(C)CCCc1ccccc1. The Morgan fingerprint density at radius 3 is 2.39 bits per heavy atom. The highest BCUT2D eigenvalue weighted by Crippen LogP contribution is 2.18. The lowest BCUT2D eigenvalue weighted by atomic mass is 10.1. The van der Waals surface area contributed by atoms with Gasteiger partial charge in [0.05, 0.1) is 6.04 Å². The van der Waals surface area contributed by atoms with Crippen LogP contribution in [0.25, 0.3) is 0 Å². The highest BCUT2D eigenvalue weighted by atomic mass is 15.3. The smallest absolute Gasteiger partial charge is 0.229 e. The summed E-state index contributed by atoms with van der Waals surface area (Å²) in [7, 11) is 5.88. The van der Waals surface area contributed by atoms with Gasteiger partial charge in [-0.2, -0.15) is 15.0 Å². The molecule has 0 aliphatic rings. The third-order valence-electron chi connectivity index (χ3n) is 3.91. The normalized spacial score (nSPS) is 12.4. The van der Waals surface area contributed by atoms with Gasteiger partial charge in [0.15, 0.2) is 5.82 Å². The molecule has 23 heavy (non-hydrogen) atoms. The molecular formula is C17H26N6. The molecule has 124 valence electrons. The van der Waals surface area contributed by atoms with Gasteiger partial charge in [0.2, 0.25) is 11.9 Å². The van der Waals surface area contributed by atoms with E-state index in [1.165, 1.54) is 5.56 Å². The summed E-state index contributed by atoms with van der Waals surface area (Å²) in [5, 5.41) is 0. The number of hydrogen-bond acceptors (Lipinski definition) is 6. The molecule has 0 amide bonds. The molecule has 0 radical (unpaired) electrons. The minimum atomic E-state index is 0.0924. The van der Waals surface area contributed by atoms with E-state index >= 15 is 0 Å². The fraction of sp³-hybridized carbons (Fsp3) is 0.471. The first-order chi connectivity index (χ1) is 11.0. The van der Waals surface area contributed by atoms with Crippen molar-refractivity contribution in [3.05, 3.63) is 41.7 Å². The lowest BCUT2D eigenvalue weighted by molar-refractivity contribution is 0.249. The second-order valence-electron chi connectivity index (χ2n) is 5.99. The fourth-order valence-electron chi connectivity index (χ4n) is 2.35. The van der Waals surface area contributed by atoms with Crippen molar-refractivity contribution in [3.8, 4) is 0 Å². The molecule has 0 bridgehead atoms. The summed E-state index contributed by atoms with van der Waals surface area (Å²) in [6.45, 7) is 3.07. The maximum absolute atomic E-state index is 5.80. The van der Waals surface area contributed by atoms with Crippen LogP contribution >= 0.6 is 0 Å². The van der Waals surface area contributed by atoms with Crippen molar-refractivity contribution in [1.29, 1.82) is 0 Å². The number of nitrogens with zero attached hydrogens (tertiary/aromatic N) is 5. The van der Waals surface area contributed by atoms with Crippen molar-refractivity contribution in [3.63, 3.8) is 0 Å². The largest absolute Gasteiger partial charge is 0.368 e. The van der Waals surface area contributed by atoms with E-state index in [0.717, 1.165) is 19.4 Å². The van der Waals surface area contributed by atoms with Gasteiger partial charge in [0.25, 0.3) is 0 Å². The number of anilines is 2. The van der Waals surface area contributed by atoms with E-state index in [4.69, 9.17) is 5.73 Å². The molecule has 2 aromatic rings. The first kappa shape index (κ1) is 17.1. The van der Waals surface area contributed by atoms with Crippen LogP contribution in [0.15, 0.2) is 30.3 Å². The lowest BCUT2D eigenvalue weighted by Gasteiger charge is -2.24. The third kappa shape index (κ3) is 4.89. The zero-order chi connectivity index (χ0) is 16.8. The van der Waals surface area contributed by atoms with Gasteiger partial charge in [-0.15, -0.1) is 0 Å². The summed E-state index contributed by atoms with van der Waals surface area (Å²) >= 11 is 0. The Morgan fingerprint density at radius 2 is 1.74 bits per heavy atom. The summed E-state index contributed by atoms with van der Waals surface area (Å²) in [5.41, 5.74) is 7.17. The number of aryl methyl sites for hydroxylation is 1. The lowest BCUT2D eigenvalue weighted by Crippen LogP contribution is -2.27. The predicted octanol–water partition coefficient (Wildman–Crippen LogP) is 2.15. The van der Waals surface area contributed by atoms with Crippen LogP contribution in [0, 0.1) is 0 Å². The molecule has 1 aromatic heterocycles. The average Bonchev–Trinajstić information content (AvgIpc) is 2.54. The van der Waals surface area contributed by atoms with E-state index < -0.39 is 0 Å². The van der Waals surface area contributed by atoms with Gasteiger partial charge in [0, 0.05) is 14.1 Å². The quantitative estimate of drug-likeness (QED) is 0.844. The molecule has 2 N–H and O–H groups in total. The average molecular weight is 314 g/mol. The molecular weight excluding hydrogens is 288 g/mol. The molecule has 2 rings (SSSR count). The maximum Gasteiger partial charge on any atom is 0.229 e. The molecule has 6 heteroatoms. The van der Waals surface area contributed by atoms with Crippen molar-refractivity contribution in [2.75, 3.05) is 38.3 Å². The summed E-state index contributed by atoms with van der Waals surface area (Å²) in [5.74, 6) is 1.57. The standard InChI is InChI=1S/C17H26N6/c1-13(15-19-16(18)21-17(20-15)22(2)3)23(4)12-8-11-14-9-6-5-7-10-14/h5-7,9-10,13H,8,11-12H2,1-4H3,(H2,18,19,20,21)/t13-/m1/s1. The Bertz CT molecular complexity index is 614. The van der Waals surface area contributed by atoms with Crippen LogP contribution in [0.3, 0.4) is 0 Å². The van der Waals surface area contributed by atoms with Gasteiger partial charge in [-0.3, -0.25) is 4.90 Å². The van der Waals surface area contributed by atoms with Crippen LogP contribution in [0.1, 0.15) is 30.8 Å².